The molecule has 0 aromatic rings. The molecule has 3 nitrogen and oxygen atoms in total. The second-order valence-electron chi connectivity index (χ2n) is 6.96. The van der Waals surface area contributed by atoms with Crippen molar-refractivity contribution in [1.82, 2.24) is 4.90 Å². The molecular formula is C16H28ClNO2. The number of carbonyl (C=O) groups excluding carboxylic acids is 1. The first-order valence-corrected chi connectivity index (χ1v) is 7.48. The Bertz CT molecular complexity index is 392. The van der Waals surface area contributed by atoms with Gasteiger partial charge in [0.2, 0.25) is 0 Å². The van der Waals surface area contributed by atoms with Crippen molar-refractivity contribution in [3.8, 4) is 0 Å². The molecule has 4 heteroatoms. The lowest BCUT2D eigenvalue weighted by Gasteiger charge is -2.43. The molecule has 116 valence electrons. The van der Waals surface area contributed by atoms with Crippen LogP contribution in [-0.4, -0.2) is 40.5 Å². The van der Waals surface area contributed by atoms with Gasteiger partial charge in [0.15, 0.2) is 5.78 Å². The van der Waals surface area contributed by atoms with Crippen molar-refractivity contribution in [3.05, 3.63) is 11.6 Å². The van der Waals surface area contributed by atoms with Crippen LogP contribution in [0.1, 0.15) is 53.4 Å². The molecule has 1 saturated heterocycles. The molecule has 1 fully saturated rings. The summed E-state index contributed by atoms with van der Waals surface area (Å²) in [6, 6.07) is 0.471. The number of aliphatic hydroxyl groups is 1. The van der Waals surface area contributed by atoms with Gasteiger partial charge < -0.3 is 5.11 Å². The van der Waals surface area contributed by atoms with Crippen molar-refractivity contribution in [2.24, 2.45) is 5.41 Å². The molecule has 0 spiro atoms. The van der Waals surface area contributed by atoms with Gasteiger partial charge in [-0.25, -0.2) is 0 Å². The van der Waals surface area contributed by atoms with E-state index in [1.807, 2.05) is 26.8 Å². The third kappa shape index (κ3) is 3.44. The lowest BCUT2D eigenvalue weighted by atomic mass is 9.79. The first-order chi connectivity index (χ1) is 8.83. The van der Waals surface area contributed by atoms with Crippen LogP contribution in [0.4, 0.5) is 0 Å². The number of piperidine rings is 1. The van der Waals surface area contributed by atoms with Gasteiger partial charge in [-0.3, -0.25) is 9.69 Å². The SMILES string of the molecule is CC1=CC(N2CCCCC2C)C(O)C(C)(C)CC1=O.Cl. The highest BCUT2D eigenvalue weighted by Gasteiger charge is 2.41. The molecule has 0 aromatic carbocycles. The van der Waals surface area contributed by atoms with Crippen molar-refractivity contribution >= 4 is 18.2 Å². The van der Waals surface area contributed by atoms with Crippen molar-refractivity contribution < 1.29 is 9.90 Å². The van der Waals surface area contributed by atoms with Crippen LogP contribution in [-0.2, 0) is 4.79 Å². The standard InChI is InChI=1S/C16H27NO2.ClH/c1-11-9-13(17-8-6-5-7-12(17)2)15(19)16(3,4)10-14(11)18;/h9,12-13,15,19H,5-8,10H2,1-4H3;1H. The number of carbonyl (C=O) groups is 1. The van der Waals surface area contributed by atoms with E-state index in [9.17, 15) is 9.90 Å². The Morgan fingerprint density at radius 3 is 2.60 bits per heavy atom. The minimum atomic E-state index is -0.477. The molecule has 0 amide bonds. The van der Waals surface area contributed by atoms with Crippen molar-refractivity contribution in [2.75, 3.05) is 6.54 Å². The zero-order valence-corrected chi connectivity index (χ0v) is 13.9. The number of hydrogen-bond donors (Lipinski definition) is 1. The number of Topliss-reactive ketones (excluding diaryl/α,β-unsaturated/α-hetero) is 1. The van der Waals surface area contributed by atoms with Gasteiger partial charge in [0.25, 0.3) is 0 Å². The smallest absolute Gasteiger partial charge is 0.158 e. The van der Waals surface area contributed by atoms with Gasteiger partial charge in [0.1, 0.15) is 0 Å². The molecule has 20 heavy (non-hydrogen) atoms. The van der Waals surface area contributed by atoms with Crippen molar-refractivity contribution in [2.45, 2.75) is 71.6 Å². The van der Waals surface area contributed by atoms with Gasteiger partial charge in [0.05, 0.1) is 12.1 Å². The Balaban J connectivity index is 0.00000200. The summed E-state index contributed by atoms with van der Waals surface area (Å²) in [6.45, 7) is 9.15. The fraction of sp³-hybridized carbons (Fsp3) is 0.812. The second-order valence-corrected chi connectivity index (χ2v) is 6.96. The van der Waals surface area contributed by atoms with Crippen LogP contribution in [0.5, 0.6) is 0 Å². The monoisotopic (exact) mass is 301 g/mol. The molecule has 0 bridgehead atoms. The van der Waals surface area contributed by atoms with Gasteiger partial charge in [-0.2, -0.15) is 0 Å². The van der Waals surface area contributed by atoms with Gasteiger partial charge in [-0.1, -0.05) is 26.3 Å². The summed E-state index contributed by atoms with van der Waals surface area (Å²) >= 11 is 0. The highest BCUT2D eigenvalue weighted by Crippen LogP contribution is 2.36. The van der Waals surface area contributed by atoms with Crippen LogP contribution >= 0.6 is 12.4 Å². The Labute approximate surface area is 128 Å². The normalized spacial score (nSPS) is 35.0. The van der Waals surface area contributed by atoms with Crippen molar-refractivity contribution in [1.29, 1.82) is 0 Å². The molecule has 1 N–H and O–H groups in total. The average molecular weight is 302 g/mol. The molecule has 2 rings (SSSR count). The van der Waals surface area contributed by atoms with Crippen LogP contribution in [0, 0.1) is 5.41 Å². The summed E-state index contributed by atoms with van der Waals surface area (Å²) in [4.78, 5) is 14.5. The van der Waals surface area contributed by atoms with Crippen molar-refractivity contribution in [3.63, 3.8) is 0 Å². The molecule has 3 unspecified atom stereocenters. The first kappa shape index (κ1) is 17.7. The maximum atomic E-state index is 12.1. The molecule has 3 atom stereocenters. The van der Waals surface area contributed by atoms with E-state index in [4.69, 9.17) is 0 Å². The summed E-state index contributed by atoms with van der Waals surface area (Å²) in [6.07, 6.45) is 5.61. The van der Waals surface area contributed by atoms with Crippen LogP contribution in [0.2, 0.25) is 0 Å². The minimum absolute atomic E-state index is 0. The number of rotatable bonds is 1. The number of nitrogens with zero attached hydrogens (tertiary/aromatic N) is 1. The van der Waals surface area contributed by atoms with E-state index in [1.54, 1.807) is 0 Å². The lowest BCUT2D eigenvalue weighted by molar-refractivity contribution is -0.119. The number of halogens is 1. The third-order valence-electron chi connectivity index (χ3n) is 4.84. The summed E-state index contributed by atoms with van der Waals surface area (Å²) in [5, 5.41) is 10.7. The highest BCUT2D eigenvalue weighted by atomic mass is 35.5. The third-order valence-corrected chi connectivity index (χ3v) is 4.84. The fourth-order valence-corrected chi connectivity index (χ4v) is 3.40. The largest absolute Gasteiger partial charge is 0.391 e. The number of hydrogen-bond acceptors (Lipinski definition) is 3. The Morgan fingerprint density at radius 1 is 1.35 bits per heavy atom. The molecule has 1 heterocycles. The van der Waals surface area contributed by atoms with Gasteiger partial charge in [0, 0.05) is 12.5 Å². The lowest BCUT2D eigenvalue weighted by Crippen LogP contribution is -2.53. The van der Waals surface area contributed by atoms with Crippen LogP contribution in [0.3, 0.4) is 0 Å². The number of ketones is 1. The maximum absolute atomic E-state index is 12.1. The van der Waals surface area contributed by atoms with Gasteiger partial charge >= 0.3 is 0 Å². The quantitative estimate of drug-likeness (QED) is 0.809. The van der Waals surface area contributed by atoms with E-state index < -0.39 is 6.10 Å². The van der Waals surface area contributed by atoms with E-state index in [0.717, 1.165) is 12.1 Å². The number of aliphatic hydroxyl groups excluding tert-OH is 1. The second kappa shape index (κ2) is 6.59. The van der Waals surface area contributed by atoms with E-state index in [1.165, 1.54) is 19.3 Å². The number of allylic oxidation sites excluding steroid dienone is 1. The summed E-state index contributed by atoms with van der Waals surface area (Å²) in [7, 11) is 0. The van der Waals surface area contributed by atoms with Crippen LogP contribution in [0.15, 0.2) is 11.6 Å². The fourth-order valence-electron chi connectivity index (χ4n) is 3.40. The zero-order chi connectivity index (χ0) is 14.2. The Morgan fingerprint density at radius 2 is 2.00 bits per heavy atom. The molecule has 1 aliphatic heterocycles. The van der Waals surface area contributed by atoms with Crippen LogP contribution < -0.4 is 0 Å². The maximum Gasteiger partial charge on any atom is 0.158 e. The van der Waals surface area contributed by atoms with E-state index in [2.05, 4.69) is 11.8 Å². The summed E-state index contributed by atoms with van der Waals surface area (Å²) < 4.78 is 0. The molecule has 0 radical (unpaired) electrons. The predicted molar refractivity (Wildman–Crippen MR) is 84.2 cm³/mol. The summed E-state index contributed by atoms with van der Waals surface area (Å²) in [5.74, 6) is 0.177. The van der Waals surface area contributed by atoms with E-state index in [-0.39, 0.29) is 29.6 Å². The topological polar surface area (TPSA) is 40.5 Å². The first-order valence-electron chi connectivity index (χ1n) is 7.48. The molecule has 0 saturated carbocycles. The summed E-state index contributed by atoms with van der Waals surface area (Å²) in [5.41, 5.74) is 0.458. The van der Waals surface area contributed by atoms with Gasteiger partial charge in [-0.05, 0) is 44.2 Å². The van der Waals surface area contributed by atoms with E-state index >= 15 is 0 Å². The predicted octanol–water partition coefficient (Wildman–Crippen LogP) is 2.96. The number of likely N-dealkylation sites (tertiary alicyclic amines) is 1. The molecular weight excluding hydrogens is 274 g/mol. The van der Waals surface area contributed by atoms with Crippen LogP contribution in [0.25, 0.3) is 0 Å². The highest BCUT2D eigenvalue weighted by molar-refractivity contribution is 5.95. The molecule has 0 aromatic heterocycles. The average Bonchev–Trinajstić information content (AvgIpc) is 2.41. The molecule has 2 aliphatic rings. The van der Waals surface area contributed by atoms with Gasteiger partial charge in [-0.15, -0.1) is 12.4 Å². The van der Waals surface area contributed by atoms with E-state index in [0.29, 0.717) is 12.5 Å². The Kier molecular flexibility index (Phi) is 5.82. The minimum Gasteiger partial charge on any atom is -0.391 e. The Hall–Kier alpha value is -0.380. The zero-order valence-electron chi connectivity index (χ0n) is 13.1. The molecule has 1 aliphatic carbocycles.